The van der Waals surface area contributed by atoms with Crippen molar-refractivity contribution in [1.29, 1.82) is 0 Å². The van der Waals surface area contributed by atoms with Crippen LogP contribution in [0.3, 0.4) is 0 Å². The number of aromatic nitrogens is 2. The molecule has 3 rings (SSSR count). The van der Waals surface area contributed by atoms with E-state index in [4.69, 9.17) is 0 Å². The number of hydrogen-bond donors (Lipinski definition) is 1. The van der Waals surface area contributed by atoms with Gasteiger partial charge in [0.2, 0.25) is 5.91 Å². The fourth-order valence-electron chi connectivity index (χ4n) is 2.97. The number of nitrogens with one attached hydrogen (secondary N) is 1. The van der Waals surface area contributed by atoms with E-state index >= 15 is 0 Å². The summed E-state index contributed by atoms with van der Waals surface area (Å²) >= 11 is 0. The van der Waals surface area contributed by atoms with E-state index in [1.807, 2.05) is 7.05 Å². The molecule has 1 aromatic heterocycles. The highest BCUT2D eigenvalue weighted by Crippen LogP contribution is 2.42. The highest BCUT2D eigenvalue weighted by Gasteiger charge is 2.38. The Morgan fingerprint density at radius 2 is 1.96 bits per heavy atom. The van der Waals surface area contributed by atoms with E-state index < -0.39 is 11.9 Å². The van der Waals surface area contributed by atoms with E-state index in [0.717, 1.165) is 44.8 Å². The van der Waals surface area contributed by atoms with Gasteiger partial charge < -0.3 is 10.2 Å². The van der Waals surface area contributed by atoms with Crippen molar-refractivity contribution in [3.63, 3.8) is 0 Å². The molecule has 5 nitrogen and oxygen atoms in total. The first kappa shape index (κ1) is 16.3. The van der Waals surface area contributed by atoms with Crippen molar-refractivity contribution in [2.75, 3.05) is 20.1 Å². The van der Waals surface area contributed by atoms with Crippen molar-refractivity contribution < 1.29 is 18.0 Å². The molecule has 2 aliphatic rings. The Kier molecular flexibility index (Phi) is 4.35. The molecule has 1 aliphatic heterocycles. The maximum atomic E-state index is 12.8. The molecule has 1 aliphatic carbocycles. The molecule has 1 aromatic rings. The first-order chi connectivity index (χ1) is 10.8. The standard InChI is InChI=1S/C15H21F3N4O/c1-21-6-4-11(5-7-21)19-14(23)9-22-12(10-2-3-10)8-13(20-22)15(16,17)18/h8,10-11H,2-7,9H2,1H3,(H,19,23). The van der Waals surface area contributed by atoms with Crippen LogP contribution in [0, 0.1) is 0 Å². The van der Waals surface area contributed by atoms with Crippen LogP contribution in [-0.2, 0) is 17.5 Å². The van der Waals surface area contributed by atoms with Gasteiger partial charge in [-0.1, -0.05) is 0 Å². The summed E-state index contributed by atoms with van der Waals surface area (Å²) < 4.78 is 39.7. The van der Waals surface area contributed by atoms with Crippen molar-refractivity contribution in [3.8, 4) is 0 Å². The summed E-state index contributed by atoms with van der Waals surface area (Å²) in [4.78, 5) is 14.3. The van der Waals surface area contributed by atoms with Crippen LogP contribution >= 0.6 is 0 Å². The predicted molar refractivity (Wildman–Crippen MR) is 77.9 cm³/mol. The minimum atomic E-state index is -4.47. The monoisotopic (exact) mass is 330 g/mol. The quantitative estimate of drug-likeness (QED) is 0.918. The zero-order valence-electron chi connectivity index (χ0n) is 13.1. The summed E-state index contributed by atoms with van der Waals surface area (Å²) in [6.07, 6.45) is -1.02. The fraction of sp³-hybridized carbons (Fsp3) is 0.733. The fourth-order valence-corrected chi connectivity index (χ4v) is 2.97. The lowest BCUT2D eigenvalue weighted by molar-refractivity contribution is -0.141. The smallest absolute Gasteiger partial charge is 0.352 e. The summed E-state index contributed by atoms with van der Waals surface area (Å²) in [5.74, 6) is -0.159. The van der Waals surface area contributed by atoms with Gasteiger partial charge in [-0.05, 0) is 51.9 Å². The summed E-state index contributed by atoms with van der Waals surface area (Å²) in [6, 6.07) is 1.18. The molecule has 1 saturated heterocycles. The van der Waals surface area contributed by atoms with Crippen molar-refractivity contribution in [3.05, 3.63) is 17.5 Å². The molecular weight excluding hydrogens is 309 g/mol. The molecule has 1 saturated carbocycles. The molecule has 0 spiro atoms. The second-order valence-electron chi connectivity index (χ2n) is 6.53. The van der Waals surface area contributed by atoms with Crippen LogP contribution in [0.4, 0.5) is 13.2 Å². The van der Waals surface area contributed by atoms with Crippen LogP contribution in [0.5, 0.6) is 0 Å². The maximum Gasteiger partial charge on any atom is 0.435 e. The SMILES string of the molecule is CN1CCC(NC(=O)Cn2nc(C(F)(F)F)cc2C2CC2)CC1. The Bertz CT molecular complexity index is 572. The second kappa shape index (κ2) is 6.14. The highest BCUT2D eigenvalue weighted by atomic mass is 19.4. The van der Waals surface area contributed by atoms with Crippen molar-refractivity contribution in [2.24, 2.45) is 0 Å². The number of piperidine rings is 1. The van der Waals surface area contributed by atoms with Crippen LogP contribution in [0.1, 0.15) is 43.0 Å². The van der Waals surface area contributed by atoms with Gasteiger partial charge in [0.05, 0.1) is 0 Å². The number of carbonyl (C=O) groups excluding carboxylic acids is 1. The Morgan fingerprint density at radius 3 is 2.52 bits per heavy atom. The van der Waals surface area contributed by atoms with Crippen LogP contribution in [0.15, 0.2) is 6.07 Å². The van der Waals surface area contributed by atoms with Gasteiger partial charge in [0, 0.05) is 17.7 Å². The molecule has 0 bridgehead atoms. The molecule has 23 heavy (non-hydrogen) atoms. The maximum absolute atomic E-state index is 12.8. The summed E-state index contributed by atoms with van der Waals surface area (Å²) in [5.41, 5.74) is -0.387. The predicted octanol–water partition coefficient (Wildman–Crippen LogP) is 1.99. The van der Waals surface area contributed by atoms with Crippen molar-refractivity contribution in [2.45, 2.75) is 50.4 Å². The topological polar surface area (TPSA) is 50.2 Å². The van der Waals surface area contributed by atoms with Crippen LogP contribution in [0.25, 0.3) is 0 Å². The molecular formula is C15H21F3N4O. The van der Waals surface area contributed by atoms with Crippen LogP contribution < -0.4 is 5.32 Å². The highest BCUT2D eigenvalue weighted by molar-refractivity contribution is 5.76. The third-order valence-corrected chi connectivity index (χ3v) is 4.47. The number of nitrogens with zero attached hydrogens (tertiary/aromatic N) is 3. The van der Waals surface area contributed by atoms with E-state index in [2.05, 4.69) is 15.3 Å². The number of alkyl halides is 3. The number of halogens is 3. The third-order valence-electron chi connectivity index (χ3n) is 4.47. The molecule has 128 valence electrons. The number of amides is 1. The summed E-state index contributed by atoms with van der Waals surface area (Å²) in [7, 11) is 2.03. The number of carbonyl (C=O) groups is 1. The zero-order chi connectivity index (χ0) is 16.6. The largest absolute Gasteiger partial charge is 0.435 e. The number of hydrogen-bond acceptors (Lipinski definition) is 3. The first-order valence-corrected chi connectivity index (χ1v) is 7.96. The Balaban J connectivity index is 1.64. The molecule has 2 fully saturated rings. The minimum Gasteiger partial charge on any atom is -0.352 e. The molecule has 1 amide bonds. The molecule has 0 aromatic carbocycles. The molecule has 2 heterocycles. The van der Waals surface area contributed by atoms with E-state index in [1.54, 1.807) is 0 Å². The van der Waals surface area contributed by atoms with Gasteiger partial charge in [-0.3, -0.25) is 9.48 Å². The normalized spacial score (nSPS) is 20.7. The van der Waals surface area contributed by atoms with E-state index in [9.17, 15) is 18.0 Å². The van der Waals surface area contributed by atoms with E-state index in [0.29, 0.717) is 5.69 Å². The summed E-state index contributed by atoms with van der Waals surface area (Å²) in [5, 5.41) is 6.53. The van der Waals surface area contributed by atoms with Gasteiger partial charge in [0.15, 0.2) is 5.69 Å². The first-order valence-electron chi connectivity index (χ1n) is 7.96. The molecule has 0 unspecified atom stereocenters. The zero-order valence-corrected chi connectivity index (χ0v) is 13.1. The summed E-state index contributed by atoms with van der Waals surface area (Å²) in [6.45, 7) is 1.69. The minimum absolute atomic E-state index is 0.0979. The van der Waals surface area contributed by atoms with Crippen LogP contribution in [0.2, 0.25) is 0 Å². The molecule has 0 radical (unpaired) electrons. The number of likely N-dealkylation sites (tertiary alicyclic amines) is 1. The van der Waals surface area contributed by atoms with Gasteiger partial charge in [0.25, 0.3) is 0 Å². The third kappa shape index (κ3) is 4.04. The van der Waals surface area contributed by atoms with Gasteiger partial charge >= 0.3 is 6.18 Å². The second-order valence-corrected chi connectivity index (χ2v) is 6.53. The lowest BCUT2D eigenvalue weighted by Gasteiger charge is -2.29. The van der Waals surface area contributed by atoms with E-state index in [1.165, 1.54) is 4.68 Å². The number of rotatable bonds is 4. The average Bonchev–Trinajstić information content (AvgIpc) is 3.21. The lowest BCUT2D eigenvalue weighted by Crippen LogP contribution is -2.44. The molecule has 8 heteroatoms. The Hall–Kier alpha value is -1.57. The van der Waals surface area contributed by atoms with Gasteiger partial charge in [-0.2, -0.15) is 18.3 Å². The lowest BCUT2D eigenvalue weighted by atomic mass is 10.1. The van der Waals surface area contributed by atoms with Crippen LogP contribution in [-0.4, -0.2) is 46.8 Å². The van der Waals surface area contributed by atoms with Crippen molar-refractivity contribution in [1.82, 2.24) is 20.0 Å². The van der Waals surface area contributed by atoms with Gasteiger partial charge in [0.1, 0.15) is 6.54 Å². The van der Waals surface area contributed by atoms with Gasteiger partial charge in [-0.15, -0.1) is 0 Å². The molecule has 1 N–H and O–H groups in total. The Morgan fingerprint density at radius 1 is 1.30 bits per heavy atom. The van der Waals surface area contributed by atoms with Crippen molar-refractivity contribution >= 4 is 5.91 Å². The van der Waals surface area contributed by atoms with E-state index in [-0.39, 0.29) is 24.4 Å². The van der Waals surface area contributed by atoms with Gasteiger partial charge in [-0.25, -0.2) is 0 Å². The Labute approximate surface area is 132 Å². The molecule has 0 atom stereocenters. The average molecular weight is 330 g/mol.